The van der Waals surface area contributed by atoms with Crippen LogP contribution in [0.1, 0.15) is 53.4 Å². The highest BCUT2D eigenvalue weighted by Crippen LogP contribution is 2.43. The lowest BCUT2D eigenvalue weighted by Crippen LogP contribution is -2.47. The second kappa shape index (κ2) is 9.76. The number of hydrogen-bond acceptors (Lipinski definition) is 6. The first-order valence-corrected chi connectivity index (χ1v) is 10.2. The number of carbonyl (C=O) groups excluding carboxylic acids is 2. The minimum atomic E-state index is -1.18. The van der Waals surface area contributed by atoms with E-state index in [2.05, 4.69) is 0 Å². The standard InChI is InChI=1S/C23H28O8/c1-5-7-15-13(9-11-17(24)25)19(28)21(30-15)23(3,4)22-20(29)14(10-12-18(26)27)16(31-22)8-6-2/h9-12,21-22H,5-8H2,1-4H3,(H,24,25)(H,26,27)/b11-9+,12-10+. The fourth-order valence-corrected chi connectivity index (χ4v) is 3.69. The smallest absolute Gasteiger partial charge is 0.328 e. The molecule has 0 saturated heterocycles. The van der Waals surface area contributed by atoms with Crippen LogP contribution >= 0.6 is 0 Å². The van der Waals surface area contributed by atoms with Crippen molar-refractivity contribution in [3.05, 3.63) is 47.0 Å². The SMILES string of the molecule is CCCC1=C(/C=C/C(=O)O)C(=O)C(C(C)(C)C2OC(CCC)=C(/C=C/C(=O)O)C2=O)O1. The molecule has 2 heterocycles. The molecule has 0 bridgehead atoms. The van der Waals surface area contributed by atoms with Gasteiger partial charge in [-0.3, -0.25) is 9.59 Å². The van der Waals surface area contributed by atoms with Crippen LogP contribution in [0.2, 0.25) is 0 Å². The van der Waals surface area contributed by atoms with Gasteiger partial charge in [-0.15, -0.1) is 0 Å². The van der Waals surface area contributed by atoms with Gasteiger partial charge in [0.05, 0.1) is 16.6 Å². The number of carboxylic acids is 2. The molecule has 0 saturated carbocycles. The number of allylic oxidation sites excluding steroid dienone is 4. The zero-order valence-electron chi connectivity index (χ0n) is 18.1. The summed E-state index contributed by atoms with van der Waals surface area (Å²) in [6.45, 7) is 7.17. The maximum absolute atomic E-state index is 13.1. The van der Waals surface area contributed by atoms with Gasteiger partial charge in [0.1, 0.15) is 11.5 Å². The van der Waals surface area contributed by atoms with Gasteiger partial charge < -0.3 is 19.7 Å². The summed E-state index contributed by atoms with van der Waals surface area (Å²) in [5.74, 6) is -2.40. The number of aliphatic carboxylic acids is 2. The molecule has 2 N–H and O–H groups in total. The highest BCUT2D eigenvalue weighted by Gasteiger charge is 2.54. The van der Waals surface area contributed by atoms with E-state index in [9.17, 15) is 19.2 Å². The third-order valence-electron chi connectivity index (χ3n) is 5.22. The minimum absolute atomic E-state index is 0.181. The van der Waals surface area contributed by atoms with Gasteiger partial charge in [0.2, 0.25) is 11.6 Å². The lowest BCUT2D eigenvalue weighted by Gasteiger charge is -2.34. The normalized spacial score (nSPS) is 22.1. The second-order valence-corrected chi connectivity index (χ2v) is 8.06. The Bertz CT molecular complexity index is 829. The number of hydrogen-bond donors (Lipinski definition) is 2. The highest BCUT2D eigenvalue weighted by atomic mass is 16.5. The molecule has 2 unspecified atom stereocenters. The monoisotopic (exact) mass is 432 g/mol. The van der Waals surface area contributed by atoms with E-state index in [-0.39, 0.29) is 11.1 Å². The van der Waals surface area contributed by atoms with Crippen LogP contribution in [0.25, 0.3) is 0 Å². The molecule has 0 fully saturated rings. The first kappa shape index (κ1) is 24.1. The van der Waals surface area contributed by atoms with Crippen molar-refractivity contribution < 1.29 is 38.9 Å². The lowest BCUT2D eigenvalue weighted by molar-refractivity contribution is -0.141. The van der Waals surface area contributed by atoms with Crippen molar-refractivity contribution in [3.63, 3.8) is 0 Å². The number of rotatable bonds is 10. The van der Waals surface area contributed by atoms with Gasteiger partial charge >= 0.3 is 11.9 Å². The molecule has 2 aliphatic heterocycles. The first-order valence-electron chi connectivity index (χ1n) is 10.2. The van der Waals surface area contributed by atoms with E-state index >= 15 is 0 Å². The Kier molecular flexibility index (Phi) is 7.60. The van der Waals surface area contributed by atoms with Crippen molar-refractivity contribution in [3.8, 4) is 0 Å². The van der Waals surface area contributed by atoms with Crippen molar-refractivity contribution in [1.29, 1.82) is 0 Å². The van der Waals surface area contributed by atoms with Gasteiger partial charge in [0, 0.05) is 25.0 Å². The topological polar surface area (TPSA) is 127 Å². The van der Waals surface area contributed by atoms with E-state index in [4.69, 9.17) is 19.7 Å². The molecular formula is C23H28O8. The molecule has 0 amide bonds. The summed E-state index contributed by atoms with van der Waals surface area (Å²) in [5.41, 5.74) is -0.731. The molecule has 8 nitrogen and oxygen atoms in total. The molecule has 2 rings (SSSR count). The van der Waals surface area contributed by atoms with E-state index < -0.39 is 41.1 Å². The highest BCUT2D eigenvalue weighted by molar-refractivity contribution is 6.08. The lowest BCUT2D eigenvalue weighted by atomic mass is 9.76. The minimum Gasteiger partial charge on any atom is -0.485 e. The van der Waals surface area contributed by atoms with Crippen LogP contribution in [0, 0.1) is 5.41 Å². The molecule has 0 spiro atoms. The van der Waals surface area contributed by atoms with Crippen LogP contribution in [-0.2, 0) is 28.7 Å². The Hall–Kier alpha value is -3.16. The van der Waals surface area contributed by atoms with Crippen molar-refractivity contribution >= 4 is 23.5 Å². The Balaban J connectivity index is 2.35. The van der Waals surface area contributed by atoms with E-state index in [1.54, 1.807) is 13.8 Å². The summed E-state index contributed by atoms with van der Waals surface area (Å²) >= 11 is 0. The number of ketones is 2. The molecule has 2 atom stereocenters. The third-order valence-corrected chi connectivity index (χ3v) is 5.22. The summed E-state index contributed by atoms with van der Waals surface area (Å²) < 4.78 is 11.9. The Labute approximate surface area is 180 Å². The van der Waals surface area contributed by atoms with Gasteiger partial charge in [0.25, 0.3) is 0 Å². The molecule has 0 radical (unpaired) electrons. The quantitative estimate of drug-likeness (QED) is 0.503. The molecule has 0 aromatic carbocycles. The fraction of sp³-hybridized carbons (Fsp3) is 0.478. The zero-order valence-corrected chi connectivity index (χ0v) is 18.1. The van der Waals surface area contributed by atoms with Crippen LogP contribution in [0.3, 0.4) is 0 Å². The maximum atomic E-state index is 13.1. The van der Waals surface area contributed by atoms with Crippen LogP contribution in [-0.4, -0.2) is 45.9 Å². The van der Waals surface area contributed by atoms with Crippen molar-refractivity contribution in [2.24, 2.45) is 5.41 Å². The molecule has 168 valence electrons. The number of carbonyl (C=O) groups is 4. The van der Waals surface area contributed by atoms with Gasteiger partial charge in [-0.25, -0.2) is 9.59 Å². The molecule has 0 aliphatic carbocycles. The Morgan fingerprint density at radius 2 is 1.19 bits per heavy atom. The molecular weight excluding hydrogens is 404 g/mol. The molecule has 2 aliphatic rings. The first-order chi connectivity index (χ1) is 14.5. The second-order valence-electron chi connectivity index (χ2n) is 8.06. The van der Waals surface area contributed by atoms with Crippen LogP contribution < -0.4 is 0 Å². The number of carboxylic acid groups (broad SMARTS) is 2. The third kappa shape index (κ3) is 5.13. The fourth-order valence-electron chi connectivity index (χ4n) is 3.69. The van der Waals surface area contributed by atoms with Gasteiger partial charge in [-0.05, 0) is 25.0 Å². The predicted molar refractivity (Wildman–Crippen MR) is 111 cm³/mol. The van der Waals surface area contributed by atoms with Gasteiger partial charge in [-0.1, -0.05) is 27.7 Å². The summed E-state index contributed by atoms with van der Waals surface area (Å²) in [6.07, 6.45) is 4.41. The average molecular weight is 432 g/mol. The predicted octanol–water partition coefficient (Wildman–Crippen LogP) is 3.34. The van der Waals surface area contributed by atoms with E-state index in [1.165, 1.54) is 12.2 Å². The van der Waals surface area contributed by atoms with E-state index in [1.807, 2.05) is 13.8 Å². The van der Waals surface area contributed by atoms with Crippen LogP contribution in [0.15, 0.2) is 47.0 Å². The van der Waals surface area contributed by atoms with Crippen LogP contribution in [0.5, 0.6) is 0 Å². The Morgan fingerprint density at radius 3 is 1.48 bits per heavy atom. The Morgan fingerprint density at radius 1 is 0.839 bits per heavy atom. The average Bonchev–Trinajstić information content (AvgIpc) is 3.16. The summed E-state index contributed by atoms with van der Waals surface area (Å²) in [5, 5.41) is 17.9. The van der Waals surface area contributed by atoms with Crippen LogP contribution in [0.4, 0.5) is 0 Å². The summed E-state index contributed by atoms with van der Waals surface area (Å²) in [6, 6.07) is 0. The van der Waals surface area contributed by atoms with Gasteiger partial charge in [0.15, 0.2) is 12.2 Å². The molecule has 0 aromatic rings. The maximum Gasteiger partial charge on any atom is 0.328 e. The summed E-state index contributed by atoms with van der Waals surface area (Å²) in [4.78, 5) is 48.1. The summed E-state index contributed by atoms with van der Waals surface area (Å²) in [7, 11) is 0. The van der Waals surface area contributed by atoms with Crippen molar-refractivity contribution in [1.82, 2.24) is 0 Å². The van der Waals surface area contributed by atoms with Crippen molar-refractivity contribution in [2.75, 3.05) is 0 Å². The largest absolute Gasteiger partial charge is 0.485 e. The van der Waals surface area contributed by atoms with Gasteiger partial charge in [-0.2, -0.15) is 0 Å². The number of Topliss-reactive ketones (excluding diaryl/α,β-unsaturated/α-hetero) is 2. The van der Waals surface area contributed by atoms with E-state index in [0.717, 1.165) is 12.2 Å². The molecule has 0 aromatic heterocycles. The number of ether oxygens (including phenoxy) is 2. The van der Waals surface area contributed by atoms with E-state index in [0.29, 0.717) is 37.2 Å². The molecule has 8 heteroatoms. The zero-order chi connectivity index (χ0) is 23.3. The van der Waals surface area contributed by atoms with Crippen molar-refractivity contribution in [2.45, 2.75) is 65.6 Å². The molecule has 31 heavy (non-hydrogen) atoms.